The molecule has 0 unspecified atom stereocenters. The molecule has 2 aliphatic heterocycles. The highest BCUT2D eigenvalue weighted by atomic mass is 32.2. The summed E-state index contributed by atoms with van der Waals surface area (Å²) in [4.78, 5) is 68.4. The van der Waals surface area contributed by atoms with Crippen LogP contribution >= 0.6 is 0 Å². The van der Waals surface area contributed by atoms with Crippen molar-refractivity contribution >= 4 is 44.9 Å². The Balaban J connectivity index is 1.17. The first kappa shape index (κ1) is 43.3. The number of amides is 4. The van der Waals surface area contributed by atoms with Crippen molar-refractivity contribution in [3.8, 4) is 11.6 Å². The number of nitrogens with one attached hydrogen (secondary N) is 3. The SMILES string of the molecule is CC[C@@H]1[C@@H]2CN(C(=O)[C@H](C(C)(C)C)NC(=O)O[C@@H]3C[C@@H]4CC[C@@H]4[C@H]3CCCCCc3nc4ccc(OC)cc4nc3O2)[C@@H]1C(=O)N[C@]1(C(=O)NS(=O)(=O)C2CC2)C[C@H]1C(F)F. The monoisotopic (exact) mass is 872 g/mol. The first-order valence-electron chi connectivity index (χ1n) is 21.9. The lowest BCUT2D eigenvalue weighted by molar-refractivity contribution is -0.144. The van der Waals surface area contributed by atoms with Crippen LogP contribution in [0.1, 0.15) is 104 Å². The minimum Gasteiger partial charge on any atom is -0.497 e. The number of hydrogen-bond donors (Lipinski definition) is 3. The smallest absolute Gasteiger partial charge is 0.408 e. The fourth-order valence-corrected chi connectivity index (χ4v) is 11.7. The van der Waals surface area contributed by atoms with Crippen LogP contribution in [-0.4, -0.2) is 102 Å². The zero-order valence-corrected chi connectivity index (χ0v) is 36.3. The molecule has 1 saturated heterocycles. The van der Waals surface area contributed by atoms with Crippen LogP contribution in [0.4, 0.5) is 13.6 Å². The highest BCUT2D eigenvalue weighted by Crippen LogP contribution is 2.53. The molecule has 8 rings (SSSR count). The maximum absolute atomic E-state index is 15.1. The molecular weight excluding hydrogens is 815 g/mol. The van der Waals surface area contributed by atoms with Gasteiger partial charge in [-0.1, -0.05) is 40.5 Å². The summed E-state index contributed by atoms with van der Waals surface area (Å²) in [5, 5.41) is 4.56. The zero-order chi connectivity index (χ0) is 43.6. The summed E-state index contributed by atoms with van der Waals surface area (Å²) in [5.41, 5.74) is -1.39. The third kappa shape index (κ3) is 8.45. The summed E-state index contributed by atoms with van der Waals surface area (Å²) < 4.78 is 74.7. The number of carbonyl (C=O) groups excluding carboxylic acids is 4. The van der Waals surface area contributed by atoms with Gasteiger partial charge in [0.2, 0.25) is 34.1 Å². The highest BCUT2D eigenvalue weighted by Gasteiger charge is 2.67. The van der Waals surface area contributed by atoms with Gasteiger partial charge in [0.15, 0.2) is 0 Å². The van der Waals surface area contributed by atoms with Crippen molar-refractivity contribution in [2.75, 3.05) is 13.7 Å². The number of halogens is 2. The van der Waals surface area contributed by atoms with Crippen molar-refractivity contribution in [3.05, 3.63) is 23.9 Å². The van der Waals surface area contributed by atoms with Gasteiger partial charge in [-0.15, -0.1) is 0 Å². The number of aryl methyl sites for hydroxylation is 1. The van der Waals surface area contributed by atoms with Crippen molar-refractivity contribution < 1.29 is 50.6 Å². The lowest BCUT2D eigenvalue weighted by Gasteiger charge is -2.36. The minimum absolute atomic E-state index is 0.169. The summed E-state index contributed by atoms with van der Waals surface area (Å²) in [5.74, 6) is -3.28. The predicted octanol–water partition coefficient (Wildman–Crippen LogP) is 5.04. The predicted molar refractivity (Wildman–Crippen MR) is 218 cm³/mol. The molecule has 15 nitrogen and oxygen atoms in total. The van der Waals surface area contributed by atoms with Crippen molar-refractivity contribution in [2.45, 2.75) is 146 Å². The van der Waals surface area contributed by atoms with Crippen molar-refractivity contribution in [3.63, 3.8) is 0 Å². The van der Waals surface area contributed by atoms with Crippen LogP contribution in [0, 0.1) is 35.0 Å². The molecule has 3 N–H and O–H groups in total. The number of methoxy groups -OCH3 is 1. The van der Waals surface area contributed by atoms with Gasteiger partial charge in [-0.2, -0.15) is 0 Å². The van der Waals surface area contributed by atoms with E-state index < -0.39 is 92.9 Å². The lowest BCUT2D eigenvalue weighted by atomic mass is 9.71. The van der Waals surface area contributed by atoms with Crippen LogP contribution < -0.4 is 24.8 Å². The second-order valence-corrected chi connectivity index (χ2v) is 21.1. The van der Waals surface area contributed by atoms with Crippen LogP contribution in [0.2, 0.25) is 0 Å². The number of ether oxygens (including phenoxy) is 3. The van der Waals surface area contributed by atoms with Gasteiger partial charge in [0.25, 0.3) is 5.91 Å². The van der Waals surface area contributed by atoms with Crippen molar-refractivity contribution in [1.29, 1.82) is 0 Å². The Morgan fingerprint density at radius 3 is 2.43 bits per heavy atom. The lowest BCUT2D eigenvalue weighted by Crippen LogP contribution is -2.61. The second-order valence-electron chi connectivity index (χ2n) is 19.2. The zero-order valence-electron chi connectivity index (χ0n) is 35.5. The van der Waals surface area contributed by atoms with E-state index in [-0.39, 0.29) is 30.9 Å². The number of carbonyl (C=O) groups is 4. The van der Waals surface area contributed by atoms with Crippen LogP contribution in [0.3, 0.4) is 0 Å². The van der Waals surface area contributed by atoms with Gasteiger partial charge >= 0.3 is 6.09 Å². The average Bonchev–Trinajstić information content (AvgIpc) is 4.12. The summed E-state index contributed by atoms with van der Waals surface area (Å²) in [6.07, 6.45) is 2.41. The Bertz CT molecular complexity index is 2170. The Labute approximate surface area is 355 Å². The molecule has 1 aromatic heterocycles. The third-order valence-corrected chi connectivity index (χ3v) is 16.0. The van der Waals surface area contributed by atoms with Gasteiger partial charge in [0.1, 0.15) is 41.3 Å². The normalized spacial score (nSPS) is 33.1. The molecule has 4 saturated carbocycles. The fraction of sp³-hybridized carbons (Fsp3) is 0.721. The van der Waals surface area contributed by atoms with E-state index in [1.807, 2.05) is 10.8 Å². The first-order valence-corrected chi connectivity index (χ1v) is 23.4. The van der Waals surface area contributed by atoms with Crippen LogP contribution in [0.15, 0.2) is 18.2 Å². The molecule has 4 aliphatic carbocycles. The Hall–Kier alpha value is -4.35. The Morgan fingerprint density at radius 1 is 1.02 bits per heavy atom. The number of nitrogens with zero attached hydrogens (tertiary/aromatic N) is 3. The molecule has 0 radical (unpaired) electrons. The number of sulfonamides is 1. The molecule has 18 heteroatoms. The molecule has 10 atom stereocenters. The molecule has 5 fully saturated rings. The van der Waals surface area contributed by atoms with E-state index in [1.54, 1.807) is 46.9 Å². The molecule has 2 aromatic rings. The summed E-state index contributed by atoms with van der Waals surface area (Å²) in [7, 11) is -2.61. The van der Waals surface area contributed by atoms with Crippen LogP contribution in [-0.2, 0) is 35.6 Å². The average molecular weight is 873 g/mol. The van der Waals surface area contributed by atoms with Crippen LogP contribution in [0.5, 0.6) is 11.6 Å². The molecule has 6 aliphatic rings. The van der Waals surface area contributed by atoms with E-state index in [2.05, 4.69) is 10.6 Å². The second kappa shape index (κ2) is 16.4. The van der Waals surface area contributed by atoms with E-state index in [1.165, 1.54) is 4.90 Å². The number of aromatic nitrogens is 2. The number of fused-ring (bicyclic) bond motifs is 7. The minimum atomic E-state index is -4.15. The topological polar surface area (TPSA) is 195 Å². The van der Waals surface area contributed by atoms with Crippen molar-refractivity contribution in [2.24, 2.45) is 35.0 Å². The van der Waals surface area contributed by atoms with E-state index >= 15 is 4.79 Å². The largest absolute Gasteiger partial charge is 0.497 e. The Morgan fingerprint density at radius 2 is 1.79 bits per heavy atom. The molecule has 2 bridgehead atoms. The number of benzene rings is 1. The summed E-state index contributed by atoms with van der Waals surface area (Å²) in [6.45, 7) is 6.96. The molecular formula is C43H58F2N6O9S. The highest BCUT2D eigenvalue weighted by molar-refractivity contribution is 7.91. The third-order valence-electron chi connectivity index (χ3n) is 14.2. The first-order chi connectivity index (χ1) is 28.9. The van der Waals surface area contributed by atoms with Gasteiger partial charge in [-0.3, -0.25) is 19.1 Å². The number of hydrogen-bond acceptors (Lipinski definition) is 11. The van der Waals surface area contributed by atoms with Gasteiger partial charge in [0.05, 0.1) is 35.9 Å². The van der Waals surface area contributed by atoms with Gasteiger partial charge < -0.3 is 29.7 Å². The number of alkyl carbamates (subject to hydrolysis) is 1. The van der Waals surface area contributed by atoms with E-state index in [9.17, 15) is 31.6 Å². The van der Waals surface area contributed by atoms with Crippen LogP contribution in [0.25, 0.3) is 11.0 Å². The molecule has 4 amide bonds. The molecule has 61 heavy (non-hydrogen) atoms. The van der Waals surface area contributed by atoms with E-state index in [4.69, 9.17) is 24.2 Å². The quantitative estimate of drug-likeness (QED) is 0.322. The number of alkyl halides is 2. The standard InChI is InChI=1S/C43H58F2N6O9S/c1-6-25-33-21-51(34(25)37(52)49-43(20-28(43)36(44)45)40(54)50-61(56,57)24-14-15-24)39(53)35(42(2,3)4)48-41(55)60-32-18-22-12-16-26(22)27(32)10-8-7-9-11-30-38(59-33)47-31-19-23(58-5)13-17-29(31)46-30/h13,17,19,22,24-28,32-36H,6-12,14-16,18,20-21H2,1-5H3,(H,48,55)(H,49,52)(H,50,54)/t22-,25+,26-,27+,28-,32+,33-,34-,35+,43+/m0/s1. The summed E-state index contributed by atoms with van der Waals surface area (Å²) in [6, 6.07) is 2.76. The molecule has 0 spiro atoms. The molecule has 1 aromatic carbocycles. The van der Waals surface area contributed by atoms with Gasteiger partial charge in [-0.05, 0) is 99.5 Å². The van der Waals surface area contributed by atoms with Gasteiger partial charge in [0, 0.05) is 12.0 Å². The van der Waals surface area contributed by atoms with E-state index in [0.29, 0.717) is 53.6 Å². The fourth-order valence-electron chi connectivity index (χ4n) is 10.4. The maximum Gasteiger partial charge on any atom is 0.408 e. The maximum atomic E-state index is 15.1. The molecule has 3 heterocycles. The summed E-state index contributed by atoms with van der Waals surface area (Å²) >= 11 is 0. The van der Waals surface area contributed by atoms with E-state index in [0.717, 1.165) is 44.9 Å². The van der Waals surface area contributed by atoms with Crippen molar-refractivity contribution in [1.82, 2.24) is 30.2 Å². The Kier molecular flexibility index (Phi) is 11.6. The number of rotatable bonds is 8. The molecule has 334 valence electrons. The van der Waals surface area contributed by atoms with Gasteiger partial charge in [-0.25, -0.2) is 32.0 Å².